The molecule has 2 aromatic rings. The monoisotopic (exact) mass is 393 g/mol. The molecule has 0 aromatic heterocycles. The van der Waals surface area contributed by atoms with Crippen molar-refractivity contribution in [1.29, 1.82) is 0 Å². The van der Waals surface area contributed by atoms with Gasteiger partial charge in [0.25, 0.3) is 0 Å². The molecule has 4 rings (SSSR count). The molecule has 0 radical (unpaired) electrons. The number of amides is 1. The molecular weight excluding hydrogens is 362 g/mol. The molecule has 1 aliphatic heterocycles. The first-order valence-electron chi connectivity index (χ1n) is 10.8. The van der Waals surface area contributed by atoms with Crippen molar-refractivity contribution in [2.45, 2.75) is 32.1 Å². The lowest BCUT2D eigenvalue weighted by Crippen LogP contribution is -2.46. The standard InChI is InChI=1S/C24H31N3O2/c1-29-23-13-11-22(12-14-23)27-17-15-26(16-18-27)21-9-7-20(8-10-21)25-24(28)19-5-3-2-4-6-19/h7-14,19H,2-6,15-18H2,1H3,(H,25,28). The Labute approximate surface area is 173 Å². The van der Waals surface area contributed by atoms with E-state index in [-0.39, 0.29) is 11.8 Å². The third-order valence-corrected chi connectivity index (χ3v) is 6.19. The second kappa shape index (κ2) is 9.21. The fraction of sp³-hybridized carbons (Fsp3) is 0.458. The van der Waals surface area contributed by atoms with Crippen LogP contribution in [0.1, 0.15) is 32.1 Å². The summed E-state index contributed by atoms with van der Waals surface area (Å²) in [7, 11) is 1.69. The van der Waals surface area contributed by atoms with Crippen LogP contribution >= 0.6 is 0 Å². The van der Waals surface area contributed by atoms with Crippen LogP contribution in [0.5, 0.6) is 5.75 Å². The van der Waals surface area contributed by atoms with Crippen LogP contribution in [0, 0.1) is 5.92 Å². The summed E-state index contributed by atoms with van der Waals surface area (Å²) in [5.41, 5.74) is 3.36. The molecule has 2 fully saturated rings. The molecule has 1 amide bonds. The second-order valence-corrected chi connectivity index (χ2v) is 8.04. The first-order valence-corrected chi connectivity index (χ1v) is 10.8. The third kappa shape index (κ3) is 4.84. The molecule has 0 bridgehead atoms. The molecule has 1 saturated carbocycles. The molecule has 0 spiro atoms. The van der Waals surface area contributed by atoms with E-state index in [9.17, 15) is 4.79 Å². The minimum Gasteiger partial charge on any atom is -0.497 e. The zero-order valence-electron chi connectivity index (χ0n) is 17.3. The van der Waals surface area contributed by atoms with Gasteiger partial charge in [0.1, 0.15) is 5.75 Å². The number of anilines is 3. The normalized spacial score (nSPS) is 17.8. The predicted octanol–water partition coefficient (Wildman–Crippen LogP) is 4.54. The van der Waals surface area contributed by atoms with Crippen LogP contribution in [0.3, 0.4) is 0 Å². The van der Waals surface area contributed by atoms with Crippen LogP contribution in [0.4, 0.5) is 17.1 Å². The van der Waals surface area contributed by atoms with Gasteiger partial charge in [0.15, 0.2) is 0 Å². The van der Waals surface area contributed by atoms with Gasteiger partial charge in [-0.1, -0.05) is 19.3 Å². The first kappa shape index (κ1) is 19.6. The van der Waals surface area contributed by atoms with Crippen LogP contribution in [0.15, 0.2) is 48.5 Å². The second-order valence-electron chi connectivity index (χ2n) is 8.04. The zero-order valence-corrected chi connectivity index (χ0v) is 17.3. The Hall–Kier alpha value is -2.69. The van der Waals surface area contributed by atoms with Gasteiger partial charge in [0.05, 0.1) is 7.11 Å². The maximum Gasteiger partial charge on any atom is 0.227 e. The molecule has 29 heavy (non-hydrogen) atoms. The summed E-state index contributed by atoms with van der Waals surface area (Å²) in [4.78, 5) is 17.3. The number of carbonyl (C=O) groups is 1. The van der Waals surface area contributed by atoms with E-state index in [4.69, 9.17) is 4.74 Å². The highest BCUT2D eigenvalue weighted by Crippen LogP contribution is 2.26. The van der Waals surface area contributed by atoms with Crippen molar-refractivity contribution >= 4 is 23.0 Å². The molecule has 1 saturated heterocycles. The summed E-state index contributed by atoms with van der Waals surface area (Å²) in [5.74, 6) is 1.27. The zero-order chi connectivity index (χ0) is 20.1. The fourth-order valence-electron chi connectivity index (χ4n) is 4.38. The summed E-state index contributed by atoms with van der Waals surface area (Å²) >= 11 is 0. The van der Waals surface area contributed by atoms with E-state index >= 15 is 0 Å². The van der Waals surface area contributed by atoms with Crippen molar-refractivity contribution in [2.24, 2.45) is 5.92 Å². The quantitative estimate of drug-likeness (QED) is 0.810. The molecule has 2 aliphatic rings. The van der Waals surface area contributed by atoms with E-state index in [1.54, 1.807) is 7.11 Å². The van der Waals surface area contributed by atoms with Gasteiger partial charge in [-0.25, -0.2) is 0 Å². The van der Waals surface area contributed by atoms with E-state index in [0.29, 0.717) is 0 Å². The summed E-state index contributed by atoms with van der Waals surface area (Å²) < 4.78 is 5.25. The van der Waals surface area contributed by atoms with Crippen molar-refractivity contribution in [3.05, 3.63) is 48.5 Å². The van der Waals surface area contributed by atoms with Crippen LogP contribution in [0.2, 0.25) is 0 Å². The fourth-order valence-corrected chi connectivity index (χ4v) is 4.38. The van der Waals surface area contributed by atoms with Gasteiger partial charge in [0.2, 0.25) is 5.91 Å². The predicted molar refractivity (Wildman–Crippen MR) is 119 cm³/mol. The summed E-state index contributed by atoms with van der Waals surface area (Å²) in [5, 5.41) is 3.10. The molecule has 154 valence electrons. The summed E-state index contributed by atoms with van der Waals surface area (Å²) in [6.07, 6.45) is 5.69. The van der Waals surface area contributed by atoms with Crippen molar-refractivity contribution in [1.82, 2.24) is 0 Å². The van der Waals surface area contributed by atoms with Gasteiger partial charge in [-0.05, 0) is 61.4 Å². The molecule has 5 heteroatoms. The van der Waals surface area contributed by atoms with Crippen LogP contribution in [-0.4, -0.2) is 39.2 Å². The van der Waals surface area contributed by atoms with Gasteiger partial charge < -0.3 is 19.9 Å². The van der Waals surface area contributed by atoms with Gasteiger partial charge in [-0.15, -0.1) is 0 Å². The summed E-state index contributed by atoms with van der Waals surface area (Å²) in [6.45, 7) is 3.96. The van der Waals surface area contributed by atoms with E-state index in [0.717, 1.165) is 50.5 Å². The topological polar surface area (TPSA) is 44.8 Å². The lowest BCUT2D eigenvalue weighted by atomic mass is 9.88. The average Bonchev–Trinajstić information content (AvgIpc) is 2.80. The minimum atomic E-state index is 0.186. The van der Waals surface area contributed by atoms with Crippen LogP contribution < -0.4 is 19.9 Å². The highest BCUT2D eigenvalue weighted by atomic mass is 16.5. The largest absolute Gasteiger partial charge is 0.497 e. The van der Waals surface area contributed by atoms with Gasteiger partial charge >= 0.3 is 0 Å². The molecule has 0 unspecified atom stereocenters. The van der Waals surface area contributed by atoms with Gasteiger partial charge in [-0.2, -0.15) is 0 Å². The smallest absolute Gasteiger partial charge is 0.227 e. The van der Waals surface area contributed by atoms with E-state index in [1.165, 1.54) is 30.6 Å². The van der Waals surface area contributed by atoms with E-state index < -0.39 is 0 Å². The molecule has 1 heterocycles. The number of rotatable bonds is 5. The molecular formula is C24H31N3O2. The lowest BCUT2D eigenvalue weighted by Gasteiger charge is -2.37. The van der Waals surface area contributed by atoms with Crippen LogP contribution in [0.25, 0.3) is 0 Å². The number of nitrogens with zero attached hydrogens (tertiary/aromatic N) is 2. The number of hydrogen-bond donors (Lipinski definition) is 1. The highest BCUT2D eigenvalue weighted by molar-refractivity contribution is 5.92. The maximum absolute atomic E-state index is 12.4. The van der Waals surface area contributed by atoms with E-state index in [2.05, 4.69) is 39.4 Å². The number of carbonyl (C=O) groups excluding carboxylic acids is 1. The third-order valence-electron chi connectivity index (χ3n) is 6.19. The number of benzene rings is 2. The van der Waals surface area contributed by atoms with Crippen molar-refractivity contribution < 1.29 is 9.53 Å². The number of hydrogen-bond acceptors (Lipinski definition) is 4. The van der Waals surface area contributed by atoms with Crippen molar-refractivity contribution in [2.75, 3.05) is 48.4 Å². The molecule has 2 aromatic carbocycles. The minimum absolute atomic E-state index is 0.186. The van der Waals surface area contributed by atoms with E-state index in [1.807, 2.05) is 24.3 Å². The Kier molecular flexibility index (Phi) is 6.23. The number of piperazine rings is 1. The van der Waals surface area contributed by atoms with Crippen molar-refractivity contribution in [3.63, 3.8) is 0 Å². The maximum atomic E-state index is 12.4. The Bertz CT molecular complexity index is 790. The van der Waals surface area contributed by atoms with Crippen LogP contribution in [-0.2, 0) is 4.79 Å². The molecule has 1 N–H and O–H groups in total. The Morgan fingerprint density at radius 1 is 0.828 bits per heavy atom. The van der Waals surface area contributed by atoms with Gasteiger partial charge in [0, 0.05) is 49.2 Å². The number of methoxy groups -OCH3 is 1. The summed E-state index contributed by atoms with van der Waals surface area (Å²) in [6, 6.07) is 16.6. The highest BCUT2D eigenvalue weighted by Gasteiger charge is 2.21. The average molecular weight is 394 g/mol. The van der Waals surface area contributed by atoms with Crippen molar-refractivity contribution in [3.8, 4) is 5.75 Å². The Balaban J connectivity index is 1.30. The molecule has 1 aliphatic carbocycles. The lowest BCUT2D eigenvalue weighted by molar-refractivity contribution is -0.120. The molecule has 0 atom stereocenters. The number of ether oxygens (including phenoxy) is 1. The Morgan fingerprint density at radius 2 is 1.34 bits per heavy atom. The number of nitrogens with one attached hydrogen (secondary N) is 1. The Morgan fingerprint density at radius 3 is 1.86 bits per heavy atom. The SMILES string of the molecule is COc1ccc(N2CCN(c3ccc(NC(=O)C4CCCCC4)cc3)CC2)cc1. The van der Waals surface area contributed by atoms with Gasteiger partial charge in [-0.3, -0.25) is 4.79 Å². The molecule has 5 nitrogen and oxygen atoms in total. The first-order chi connectivity index (χ1) is 14.2.